The van der Waals surface area contributed by atoms with Crippen molar-refractivity contribution >= 4 is 5.97 Å². The molecule has 25 heavy (non-hydrogen) atoms. The highest BCUT2D eigenvalue weighted by molar-refractivity contribution is 5.70. The number of ether oxygens (including phenoxy) is 2. The smallest absolute Gasteiger partial charge is 0.308 e. The predicted molar refractivity (Wildman–Crippen MR) is 97.9 cm³/mol. The lowest BCUT2D eigenvalue weighted by Crippen LogP contribution is -2.38. The molecule has 1 aliphatic rings. The maximum absolute atomic E-state index is 11.3. The fourth-order valence-electron chi connectivity index (χ4n) is 2.99. The number of unbranched alkanes of at least 4 members (excludes halogenated alkanes) is 9. The van der Waals surface area contributed by atoms with Gasteiger partial charge in [0.05, 0.1) is 13.5 Å². The van der Waals surface area contributed by atoms with Crippen LogP contribution in [0.1, 0.15) is 84.0 Å². The molecule has 0 spiro atoms. The van der Waals surface area contributed by atoms with Crippen molar-refractivity contribution in [3.05, 3.63) is 12.2 Å². The monoisotopic (exact) mass is 356 g/mol. The largest absolute Gasteiger partial charge is 0.469 e. The van der Waals surface area contributed by atoms with E-state index in [-0.39, 0.29) is 12.4 Å². The molecule has 5 nitrogen and oxygen atoms in total. The van der Waals surface area contributed by atoms with Crippen LogP contribution in [0, 0.1) is 0 Å². The van der Waals surface area contributed by atoms with Gasteiger partial charge in [0, 0.05) is 13.5 Å². The highest BCUT2D eigenvalue weighted by Gasteiger charge is 2.34. The zero-order chi connectivity index (χ0) is 18.4. The first-order chi connectivity index (χ1) is 12.2. The van der Waals surface area contributed by atoms with E-state index in [1.165, 1.54) is 64.9 Å². The van der Waals surface area contributed by atoms with E-state index in [9.17, 15) is 4.79 Å². The molecule has 1 aliphatic heterocycles. The van der Waals surface area contributed by atoms with Crippen molar-refractivity contribution in [2.45, 2.75) is 95.9 Å². The zero-order valence-corrected chi connectivity index (χ0v) is 16.3. The van der Waals surface area contributed by atoms with E-state index in [0.29, 0.717) is 0 Å². The van der Waals surface area contributed by atoms with Gasteiger partial charge in [-0.2, -0.15) is 4.89 Å². The Bertz CT molecular complexity index is 382. The summed E-state index contributed by atoms with van der Waals surface area (Å²) in [6.45, 7) is 2.25. The second-order valence-electron chi connectivity index (χ2n) is 6.81. The first kappa shape index (κ1) is 22.1. The van der Waals surface area contributed by atoms with E-state index in [2.05, 4.69) is 11.7 Å². The minimum Gasteiger partial charge on any atom is -0.469 e. The highest BCUT2D eigenvalue weighted by Crippen LogP contribution is 2.28. The van der Waals surface area contributed by atoms with Crippen LogP contribution in [0.4, 0.5) is 0 Å². The molecule has 0 fully saturated rings. The Labute approximate surface area is 153 Å². The summed E-state index contributed by atoms with van der Waals surface area (Å²) in [5, 5.41) is 0. The molecule has 0 radical (unpaired) electrons. The van der Waals surface area contributed by atoms with Crippen LogP contribution in [0.3, 0.4) is 0 Å². The topological polar surface area (TPSA) is 54.0 Å². The van der Waals surface area contributed by atoms with Crippen LogP contribution in [0.5, 0.6) is 0 Å². The van der Waals surface area contributed by atoms with Crippen LogP contribution in [-0.4, -0.2) is 32.1 Å². The third-order valence-electron chi connectivity index (χ3n) is 4.70. The normalized spacial score (nSPS) is 22.9. The van der Waals surface area contributed by atoms with E-state index in [1.54, 1.807) is 7.11 Å². The number of esters is 1. The van der Waals surface area contributed by atoms with E-state index < -0.39 is 11.9 Å². The Morgan fingerprint density at radius 3 is 2.08 bits per heavy atom. The summed E-state index contributed by atoms with van der Waals surface area (Å²) in [5.41, 5.74) is 0. The molecule has 0 amide bonds. The molecule has 0 N–H and O–H groups in total. The van der Waals surface area contributed by atoms with Crippen molar-refractivity contribution in [1.82, 2.24) is 0 Å². The van der Waals surface area contributed by atoms with Crippen molar-refractivity contribution < 1.29 is 24.0 Å². The standard InChI is InChI=1S/C20H36O5/c1-4-5-6-7-8-9-10-11-12-13-15-20(23-3)16-14-18(24-25-20)17-19(21)22-2/h14,16,18H,4-13,15,17H2,1-3H3/t18-,20+/m1/s1. The molecule has 0 saturated carbocycles. The molecule has 0 unspecified atom stereocenters. The first-order valence-corrected chi connectivity index (χ1v) is 9.81. The summed E-state index contributed by atoms with van der Waals surface area (Å²) in [4.78, 5) is 22.0. The average molecular weight is 357 g/mol. The number of carbonyl (C=O) groups excluding carboxylic acids is 1. The Hall–Kier alpha value is -0.910. The molecule has 1 rings (SSSR count). The van der Waals surface area contributed by atoms with Crippen molar-refractivity contribution in [2.75, 3.05) is 14.2 Å². The van der Waals surface area contributed by atoms with Crippen molar-refractivity contribution in [1.29, 1.82) is 0 Å². The van der Waals surface area contributed by atoms with Gasteiger partial charge in [0.2, 0.25) is 5.79 Å². The summed E-state index contributed by atoms with van der Waals surface area (Å²) in [7, 11) is 2.98. The first-order valence-electron chi connectivity index (χ1n) is 9.81. The van der Waals surface area contributed by atoms with Gasteiger partial charge >= 0.3 is 5.97 Å². The Balaban J connectivity index is 2.14. The highest BCUT2D eigenvalue weighted by atomic mass is 17.2. The Morgan fingerprint density at radius 1 is 1.00 bits per heavy atom. The van der Waals surface area contributed by atoms with Crippen molar-refractivity contribution in [2.24, 2.45) is 0 Å². The molecule has 1 heterocycles. The minimum absolute atomic E-state index is 0.144. The Morgan fingerprint density at radius 2 is 1.60 bits per heavy atom. The lowest BCUT2D eigenvalue weighted by Gasteiger charge is -2.32. The number of methoxy groups -OCH3 is 2. The van der Waals surface area contributed by atoms with Crippen molar-refractivity contribution in [3.8, 4) is 0 Å². The van der Waals surface area contributed by atoms with Gasteiger partial charge in [-0.25, -0.2) is 4.89 Å². The van der Waals surface area contributed by atoms with Gasteiger partial charge in [-0.3, -0.25) is 4.79 Å². The van der Waals surface area contributed by atoms with E-state index in [1.807, 2.05) is 12.2 Å². The van der Waals surface area contributed by atoms with Gasteiger partial charge < -0.3 is 9.47 Å². The van der Waals surface area contributed by atoms with E-state index in [0.717, 1.165) is 12.8 Å². The third-order valence-corrected chi connectivity index (χ3v) is 4.70. The summed E-state index contributed by atoms with van der Waals surface area (Å²) >= 11 is 0. The lowest BCUT2D eigenvalue weighted by molar-refractivity contribution is -0.428. The molecule has 0 aromatic rings. The van der Waals surface area contributed by atoms with Gasteiger partial charge in [0.15, 0.2) is 0 Å². The maximum Gasteiger partial charge on any atom is 0.308 e. The average Bonchev–Trinajstić information content (AvgIpc) is 2.64. The summed E-state index contributed by atoms with van der Waals surface area (Å²) < 4.78 is 10.1. The third kappa shape index (κ3) is 9.38. The minimum atomic E-state index is -0.827. The molecule has 146 valence electrons. The Kier molecular flexibility index (Phi) is 11.8. The quantitative estimate of drug-likeness (QED) is 0.188. The van der Waals surface area contributed by atoms with Crippen LogP contribution in [0.15, 0.2) is 12.2 Å². The van der Waals surface area contributed by atoms with Gasteiger partial charge in [0.1, 0.15) is 6.10 Å². The van der Waals surface area contributed by atoms with Gasteiger partial charge in [-0.05, 0) is 12.5 Å². The van der Waals surface area contributed by atoms with Crippen LogP contribution < -0.4 is 0 Å². The van der Waals surface area contributed by atoms with Crippen LogP contribution in [0.25, 0.3) is 0 Å². The molecule has 5 heteroatoms. The maximum atomic E-state index is 11.3. The van der Waals surface area contributed by atoms with Gasteiger partial charge in [-0.1, -0.05) is 70.8 Å². The number of rotatable bonds is 14. The fraction of sp³-hybridized carbons (Fsp3) is 0.850. The summed E-state index contributed by atoms with van der Waals surface area (Å²) in [6.07, 6.45) is 17.1. The second-order valence-corrected chi connectivity index (χ2v) is 6.81. The predicted octanol–water partition coefficient (Wildman–Crippen LogP) is 5.09. The van der Waals surface area contributed by atoms with Crippen LogP contribution in [0.2, 0.25) is 0 Å². The zero-order valence-electron chi connectivity index (χ0n) is 16.3. The second kappa shape index (κ2) is 13.3. The molecule has 2 atom stereocenters. The van der Waals surface area contributed by atoms with E-state index >= 15 is 0 Å². The number of hydrogen-bond donors (Lipinski definition) is 0. The lowest BCUT2D eigenvalue weighted by atomic mass is 10.0. The molecular formula is C20H36O5. The summed E-state index contributed by atoms with van der Waals surface area (Å²) in [5.74, 6) is -1.15. The summed E-state index contributed by atoms with van der Waals surface area (Å²) in [6, 6.07) is 0. The number of carbonyl (C=O) groups is 1. The molecule has 0 aromatic carbocycles. The van der Waals surface area contributed by atoms with Crippen LogP contribution in [-0.2, 0) is 24.0 Å². The fourth-order valence-corrected chi connectivity index (χ4v) is 2.99. The molecule has 0 aliphatic carbocycles. The molecular weight excluding hydrogens is 320 g/mol. The van der Waals surface area contributed by atoms with Crippen LogP contribution >= 0.6 is 0 Å². The van der Waals surface area contributed by atoms with Gasteiger partial charge in [0.25, 0.3) is 0 Å². The van der Waals surface area contributed by atoms with E-state index in [4.69, 9.17) is 14.5 Å². The van der Waals surface area contributed by atoms with Crippen molar-refractivity contribution in [3.63, 3.8) is 0 Å². The van der Waals surface area contributed by atoms with Gasteiger partial charge in [-0.15, -0.1) is 0 Å². The molecule has 0 bridgehead atoms. The number of hydrogen-bond acceptors (Lipinski definition) is 5. The SMILES string of the molecule is CCCCCCCCCCCC[C@@]1(OC)C=C[C@H](CC(=O)OC)OO1. The molecule has 0 saturated heterocycles. The molecule has 0 aromatic heterocycles.